The van der Waals surface area contributed by atoms with E-state index in [9.17, 15) is 18.5 Å². The summed E-state index contributed by atoms with van der Waals surface area (Å²) in [6, 6.07) is 3.08. The molecule has 0 radical (unpaired) electrons. The molecule has 0 amide bonds. The zero-order chi connectivity index (χ0) is 15.6. The van der Waals surface area contributed by atoms with E-state index in [-0.39, 0.29) is 17.3 Å². The van der Waals surface area contributed by atoms with Gasteiger partial charge in [-0.3, -0.25) is 10.1 Å². The predicted octanol–water partition coefficient (Wildman–Crippen LogP) is 1.33. The fourth-order valence-corrected chi connectivity index (χ4v) is 2.50. The van der Waals surface area contributed by atoms with Gasteiger partial charge in [-0.1, -0.05) is 16.1 Å². The number of rotatable bonds is 5. The van der Waals surface area contributed by atoms with Gasteiger partial charge in [0.05, 0.1) is 9.82 Å². The number of sulfonamides is 1. The predicted molar refractivity (Wildman–Crippen MR) is 73.7 cm³/mol. The number of nitro benzene ring substituents is 1. The number of benzene rings is 1. The van der Waals surface area contributed by atoms with E-state index in [2.05, 4.69) is 9.59 Å². The van der Waals surface area contributed by atoms with E-state index in [1.54, 1.807) is 0 Å². The van der Waals surface area contributed by atoms with Crippen LogP contribution in [0, 0.1) is 10.1 Å². The Balaban J connectivity index is 2.31. The third-order valence-corrected chi connectivity index (χ3v) is 4.22. The Hall–Kier alpha value is -1.82. The molecular weight excluding hydrogens is 344 g/mol. The topological polar surface area (TPSA) is 138 Å². The molecule has 0 unspecified atom stereocenters. The van der Waals surface area contributed by atoms with Gasteiger partial charge < -0.3 is 4.74 Å². The van der Waals surface area contributed by atoms with Crippen molar-refractivity contribution < 1.29 is 18.1 Å². The lowest BCUT2D eigenvalue weighted by Gasteiger charge is -2.06. The van der Waals surface area contributed by atoms with Crippen molar-refractivity contribution in [2.45, 2.75) is 11.5 Å². The molecule has 1 aromatic heterocycles. The zero-order valence-electron chi connectivity index (χ0n) is 10.1. The van der Waals surface area contributed by atoms with Gasteiger partial charge in [0.25, 0.3) is 0 Å². The van der Waals surface area contributed by atoms with E-state index in [4.69, 9.17) is 21.5 Å². The van der Waals surface area contributed by atoms with Gasteiger partial charge in [0.15, 0.2) is 5.75 Å². The Bertz CT molecular complexity index is 791. The molecule has 0 aliphatic heterocycles. The second-order valence-electron chi connectivity index (χ2n) is 3.71. The summed E-state index contributed by atoms with van der Waals surface area (Å²) in [5.74, 6) is -0.128. The van der Waals surface area contributed by atoms with Crippen LogP contribution in [0.25, 0.3) is 0 Å². The standard InChI is InChI=1S/C9H7ClN4O5S2/c10-9-6(12-13-20-9)4-19-8-2-1-5(21(11,17)18)3-7(8)14(15)16/h1-3H,4H2,(H2,11,17,18). The molecule has 12 heteroatoms. The minimum atomic E-state index is -4.04. The second-order valence-corrected chi connectivity index (χ2v) is 6.63. The molecular formula is C9H7ClN4O5S2. The highest BCUT2D eigenvalue weighted by Crippen LogP contribution is 2.30. The zero-order valence-corrected chi connectivity index (χ0v) is 12.5. The first-order valence-corrected chi connectivity index (χ1v) is 7.89. The van der Waals surface area contributed by atoms with Gasteiger partial charge in [-0.25, -0.2) is 13.6 Å². The molecule has 0 saturated carbocycles. The molecule has 112 valence electrons. The molecule has 2 aromatic rings. The van der Waals surface area contributed by atoms with E-state index in [1.807, 2.05) is 0 Å². The van der Waals surface area contributed by atoms with Crippen LogP contribution in [0.1, 0.15) is 5.69 Å². The highest BCUT2D eigenvalue weighted by atomic mass is 35.5. The molecule has 2 N–H and O–H groups in total. The molecule has 9 nitrogen and oxygen atoms in total. The average molecular weight is 351 g/mol. The van der Waals surface area contributed by atoms with Crippen molar-refractivity contribution >= 4 is 38.8 Å². The van der Waals surface area contributed by atoms with Crippen LogP contribution in [0.5, 0.6) is 5.75 Å². The number of aromatic nitrogens is 2. The summed E-state index contributed by atoms with van der Waals surface area (Å²) in [5.41, 5.74) is -0.202. The third-order valence-electron chi connectivity index (χ3n) is 2.33. The van der Waals surface area contributed by atoms with E-state index in [1.165, 1.54) is 0 Å². The maximum Gasteiger partial charge on any atom is 0.312 e. The first kappa shape index (κ1) is 15.6. The van der Waals surface area contributed by atoms with E-state index >= 15 is 0 Å². The Morgan fingerprint density at radius 3 is 2.71 bits per heavy atom. The van der Waals surface area contributed by atoms with E-state index in [0.717, 1.165) is 29.7 Å². The van der Waals surface area contributed by atoms with Crippen LogP contribution < -0.4 is 9.88 Å². The Kier molecular flexibility index (Phi) is 4.37. The van der Waals surface area contributed by atoms with Crippen LogP contribution >= 0.6 is 23.1 Å². The number of ether oxygens (including phenoxy) is 1. The van der Waals surface area contributed by atoms with Gasteiger partial charge in [0, 0.05) is 17.6 Å². The smallest absolute Gasteiger partial charge is 0.312 e. The molecule has 1 heterocycles. The van der Waals surface area contributed by atoms with E-state index < -0.39 is 20.6 Å². The molecule has 0 spiro atoms. The number of nitrogens with zero attached hydrogens (tertiary/aromatic N) is 3. The van der Waals surface area contributed by atoms with Crippen molar-refractivity contribution in [2.75, 3.05) is 0 Å². The fourth-order valence-electron chi connectivity index (χ4n) is 1.37. The van der Waals surface area contributed by atoms with E-state index in [0.29, 0.717) is 10.0 Å². The SMILES string of the molecule is NS(=O)(=O)c1ccc(OCc2nnsc2Cl)c([N+](=O)[O-])c1. The summed E-state index contributed by atoms with van der Waals surface area (Å²) in [5, 5.41) is 19.6. The van der Waals surface area contributed by atoms with Crippen LogP contribution in [0.3, 0.4) is 0 Å². The first-order chi connectivity index (χ1) is 9.79. The molecule has 21 heavy (non-hydrogen) atoms. The van der Waals surface area contributed by atoms with Gasteiger partial charge in [-0.2, -0.15) is 0 Å². The molecule has 0 bridgehead atoms. The van der Waals surface area contributed by atoms with Crippen LogP contribution in [-0.2, 0) is 16.6 Å². The van der Waals surface area contributed by atoms with Crippen LogP contribution in [0.2, 0.25) is 4.34 Å². The highest BCUT2D eigenvalue weighted by Gasteiger charge is 2.20. The lowest BCUT2D eigenvalue weighted by Crippen LogP contribution is -2.12. The van der Waals surface area contributed by atoms with Crippen LogP contribution in [-0.4, -0.2) is 22.9 Å². The van der Waals surface area contributed by atoms with Gasteiger partial charge in [0.2, 0.25) is 10.0 Å². The van der Waals surface area contributed by atoms with Crippen molar-refractivity contribution in [2.24, 2.45) is 5.14 Å². The summed E-state index contributed by atoms with van der Waals surface area (Å²) in [4.78, 5) is 9.81. The van der Waals surface area contributed by atoms with Crippen molar-refractivity contribution in [3.05, 3.63) is 38.3 Å². The molecule has 1 aromatic carbocycles. The van der Waals surface area contributed by atoms with Gasteiger partial charge >= 0.3 is 5.69 Å². The highest BCUT2D eigenvalue weighted by molar-refractivity contribution is 7.89. The first-order valence-electron chi connectivity index (χ1n) is 5.20. The lowest BCUT2D eigenvalue weighted by atomic mass is 10.3. The summed E-state index contributed by atoms with van der Waals surface area (Å²) in [6.07, 6.45) is 0. The van der Waals surface area contributed by atoms with Gasteiger partial charge in [-0.05, 0) is 12.1 Å². The number of primary sulfonamides is 1. The van der Waals surface area contributed by atoms with Gasteiger partial charge in [0.1, 0.15) is 16.6 Å². The summed E-state index contributed by atoms with van der Waals surface area (Å²) in [7, 11) is -4.04. The van der Waals surface area contributed by atoms with Gasteiger partial charge in [-0.15, -0.1) is 5.10 Å². The number of halogens is 1. The maximum absolute atomic E-state index is 11.2. The quantitative estimate of drug-likeness (QED) is 0.633. The van der Waals surface area contributed by atoms with Crippen LogP contribution in [0.15, 0.2) is 23.1 Å². The van der Waals surface area contributed by atoms with Crippen LogP contribution in [0.4, 0.5) is 5.69 Å². The van der Waals surface area contributed by atoms with Crippen molar-refractivity contribution in [3.8, 4) is 5.75 Å². The summed E-state index contributed by atoms with van der Waals surface area (Å²) in [6.45, 7) is -0.134. The second kappa shape index (κ2) is 5.89. The number of hydrogen-bond donors (Lipinski definition) is 1. The largest absolute Gasteiger partial charge is 0.480 e. The number of nitrogens with two attached hydrogens (primary N) is 1. The number of hydrogen-bond acceptors (Lipinski definition) is 8. The fraction of sp³-hybridized carbons (Fsp3) is 0.111. The van der Waals surface area contributed by atoms with Crippen molar-refractivity contribution in [3.63, 3.8) is 0 Å². The molecule has 0 aliphatic carbocycles. The number of nitro groups is 1. The lowest BCUT2D eigenvalue weighted by molar-refractivity contribution is -0.386. The Morgan fingerprint density at radius 2 is 2.19 bits per heavy atom. The normalized spacial score (nSPS) is 11.3. The third kappa shape index (κ3) is 3.64. The Labute approximate surface area is 127 Å². The summed E-state index contributed by atoms with van der Waals surface area (Å²) >= 11 is 6.73. The molecule has 0 aliphatic rings. The average Bonchev–Trinajstić information content (AvgIpc) is 2.80. The maximum atomic E-state index is 11.2. The molecule has 0 fully saturated rings. The summed E-state index contributed by atoms with van der Waals surface area (Å²) < 4.78 is 31.5. The minimum absolute atomic E-state index is 0.128. The monoisotopic (exact) mass is 350 g/mol. The minimum Gasteiger partial charge on any atom is -0.480 e. The Morgan fingerprint density at radius 1 is 1.48 bits per heavy atom. The molecule has 0 atom stereocenters. The molecule has 0 saturated heterocycles. The molecule has 2 rings (SSSR count). The van der Waals surface area contributed by atoms with Crippen molar-refractivity contribution in [1.29, 1.82) is 0 Å². The van der Waals surface area contributed by atoms with Crippen molar-refractivity contribution in [1.82, 2.24) is 9.59 Å².